The Morgan fingerprint density at radius 3 is 2.84 bits per heavy atom. The Kier molecular flexibility index (Phi) is 5.95. The first kappa shape index (κ1) is 21.1. The van der Waals surface area contributed by atoms with Gasteiger partial charge in [0.1, 0.15) is 26.7 Å². The number of esters is 1. The first-order valence-corrected chi connectivity index (χ1v) is 12.8. The molecule has 0 unspecified atom stereocenters. The van der Waals surface area contributed by atoms with Crippen LogP contribution in [0, 0.1) is 0 Å². The highest BCUT2D eigenvalue weighted by Gasteiger charge is 2.24. The zero-order valence-corrected chi connectivity index (χ0v) is 19.7. The lowest BCUT2D eigenvalue weighted by Gasteiger charge is -2.08. The number of amides is 1. The van der Waals surface area contributed by atoms with Crippen molar-refractivity contribution in [3.05, 3.63) is 58.0 Å². The van der Waals surface area contributed by atoms with Crippen molar-refractivity contribution in [2.24, 2.45) is 0 Å². The van der Waals surface area contributed by atoms with Crippen LogP contribution in [0.3, 0.4) is 0 Å². The summed E-state index contributed by atoms with van der Waals surface area (Å²) in [4.78, 5) is 36.5. The number of ether oxygens (including phenoxy) is 1. The fourth-order valence-electron chi connectivity index (χ4n) is 3.89. The molecule has 3 heterocycles. The molecule has 0 aliphatic heterocycles. The van der Waals surface area contributed by atoms with E-state index < -0.39 is 5.97 Å². The van der Waals surface area contributed by atoms with Gasteiger partial charge in [0.05, 0.1) is 12.9 Å². The number of nitrogens with zero attached hydrogens (tertiary/aromatic N) is 2. The Labute approximate surface area is 197 Å². The van der Waals surface area contributed by atoms with Crippen molar-refractivity contribution >= 4 is 61.5 Å². The molecule has 1 aliphatic rings. The van der Waals surface area contributed by atoms with Gasteiger partial charge in [0, 0.05) is 21.2 Å². The molecule has 0 spiro atoms. The lowest BCUT2D eigenvalue weighted by molar-refractivity contribution is -0.113. The topological polar surface area (TPSA) is 81.2 Å². The zero-order chi connectivity index (χ0) is 22.1. The summed E-state index contributed by atoms with van der Waals surface area (Å²) >= 11 is 4.45. The molecule has 0 saturated heterocycles. The third-order valence-corrected chi connectivity index (χ3v) is 8.41. The number of aromatic nitrogens is 2. The van der Waals surface area contributed by atoms with Crippen LogP contribution < -0.4 is 5.32 Å². The predicted octanol–water partition coefficient (Wildman–Crippen LogP) is 5.43. The predicted molar refractivity (Wildman–Crippen MR) is 130 cm³/mol. The van der Waals surface area contributed by atoms with E-state index in [0.717, 1.165) is 45.6 Å². The van der Waals surface area contributed by atoms with E-state index in [1.165, 1.54) is 40.6 Å². The van der Waals surface area contributed by atoms with Crippen LogP contribution in [0.4, 0.5) is 5.00 Å². The van der Waals surface area contributed by atoms with Gasteiger partial charge in [-0.1, -0.05) is 42.1 Å². The fraction of sp³-hybridized carbons (Fsp3) is 0.217. The maximum Gasteiger partial charge on any atom is 0.341 e. The highest BCUT2D eigenvalue weighted by molar-refractivity contribution is 8.00. The van der Waals surface area contributed by atoms with E-state index in [1.807, 2.05) is 35.7 Å². The molecular weight excluding hydrogens is 462 g/mol. The van der Waals surface area contributed by atoms with Crippen LogP contribution in [-0.2, 0) is 22.4 Å². The van der Waals surface area contributed by atoms with Crippen LogP contribution in [0.25, 0.3) is 21.3 Å². The quantitative estimate of drug-likeness (QED) is 0.225. The number of thioether (sulfide) groups is 1. The van der Waals surface area contributed by atoms with E-state index in [0.29, 0.717) is 10.6 Å². The van der Waals surface area contributed by atoms with Gasteiger partial charge in [0.2, 0.25) is 5.91 Å². The minimum atomic E-state index is -0.473. The molecule has 1 aliphatic carbocycles. The van der Waals surface area contributed by atoms with Gasteiger partial charge in [-0.25, -0.2) is 14.8 Å². The highest BCUT2D eigenvalue weighted by Crippen LogP contribution is 2.40. The van der Waals surface area contributed by atoms with Gasteiger partial charge in [-0.15, -0.1) is 22.7 Å². The Hall–Kier alpha value is -2.75. The van der Waals surface area contributed by atoms with Crippen molar-refractivity contribution in [1.29, 1.82) is 0 Å². The van der Waals surface area contributed by atoms with E-state index in [-0.39, 0.29) is 11.7 Å². The highest BCUT2D eigenvalue weighted by atomic mass is 32.2. The number of aryl methyl sites for hydroxylation is 2. The Balaban J connectivity index is 1.36. The number of hydrogen-bond donors (Lipinski definition) is 1. The third kappa shape index (κ3) is 3.92. The normalized spacial score (nSPS) is 12.7. The number of rotatable bonds is 6. The monoisotopic (exact) mass is 481 g/mol. The molecule has 0 radical (unpaired) electrons. The second-order valence-electron chi connectivity index (χ2n) is 7.26. The van der Waals surface area contributed by atoms with Gasteiger partial charge in [-0.05, 0) is 30.4 Å². The number of carbonyl (C=O) groups is 2. The Bertz CT molecular complexity index is 1310. The number of methoxy groups -OCH3 is 1. The van der Waals surface area contributed by atoms with Crippen LogP contribution in [-0.4, -0.2) is 34.7 Å². The van der Waals surface area contributed by atoms with Gasteiger partial charge in [-0.2, -0.15) is 0 Å². The average Bonchev–Trinajstić information content (AvgIpc) is 3.52. The van der Waals surface area contributed by atoms with E-state index in [4.69, 9.17) is 4.74 Å². The molecule has 0 saturated carbocycles. The number of thiophene rings is 2. The summed E-state index contributed by atoms with van der Waals surface area (Å²) in [6, 6.07) is 9.59. The van der Waals surface area contributed by atoms with Gasteiger partial charge < -0.3 is 10.1 Å². The maximum atomic E-state index is 12.8. The van der Waals surface area contributed by atoms with Gasteiger partial charge in [-0.3, -0.25) is 4.79 Å². The van der Waals surface area contributed by atoms with Crippen molar-refractivity contribution in [3.63, 3.8) is 0 Å². The van der Waals surface area contributed by atoms with Crippen molar-refractivity contribution in [1.82, 2.24) is 9.97 Å². The summed E-state index contributed by atoms with van der Waals surface area (Å²) in [6.45, 7) is 0. The molecule has 3 aromatic heterocycles. The second kappa shape index (κ2) is 9.01. The maximum absolute atomic E-state index is 12.8. The molecule has 1 amide bonds. The number of anilines is 1. The molecule has 0 fully saturated rings. The summed E-state index contributed by atoms with van der Waals surface area (Å²) in [5, 5.41) is 7.20. The standard InChI is InChI=1S/C23H19N3O3S3/c1-29-23(28)19-15(13-6-3-2-4-7-13)10-30-22(19)26-17(27)11-31-20-18-14-8-5-9-16(14)32-21(18)25-12-24-20/h2-4,6-7,10,12H,5,8-9,11H2,1H3,(H,26,27). The summed E-state index contributed by atoms with van der Waals surface area (Å²) in [5.41, 5.74) is 3.36. The molecule has 9 heteroatoms. The van der Waals surface area contributed by atoms with Crippen LogP contribution in [0.15, 0.2) is 47.1 Å². The first-order valence-electron chi connectivity index (χ1n) is 10.1. The SMILES string of the molecule is COC(=O)c1c(-c2ccccc2)csc1NC(=O)CSc1ncnc2sc3c(c12)CCC3. The lowest BCUT2D eigenvalue weighted by atomic mass is 10.0. The number of carbonyl (C=O) groups excluding carboxylic acids is 2. The van der Waals surface area contributed by atoms with Crippen molar-refractivity contribution < 1.29 is 14.3 Å². The Morgan fingerprint density at radius 2 is 2.03 bits per heavy atom. The van der Waals surface area contributed by atoms with Crippen LogP contribution in [0.1, 0.15) is 27.2 Å². The average molecular weight is 482 g/mol. The van der Waals surface area contributed by atoms with Crippen molar-refractivity contribution in [2.75, 3.05) is 18.2 Å². The molecule has 1 N–H and O–H groups in total. The lowest BCUT2D eigenvalue weighted by Crippen LogP contribution is -2.16. The van der Waals surface area contributed by atoms with Crippen LogP contribution >= 0.6 is 34.4 Å². The molecule has 1 aromatic carbocycles. The number of benzene rings is 1. The summed E-state index contributed by atoms with van der Waals surface area (Å²) in [5.74, 6) is -0.477. The fourth-order valence-corrected chi connectivity index (χ4v) is 6.98. The molecule has 5 rings (SSSR count). The molecule has 4 aromatic rings. The molecular formula is C23H19N3O3S3. The van der Waals surface area contributed by atoms with Crippen LogP contribution in [0.5, 0.6) is 0 Å². The summed E-state index contributed by atoms with van der Waals surface area (Å²) in [6.07, 6.45) is 4.87. The van der Waals surface area contributed by atoms with E-state index in [9.17, 15) is 9.59 Å². The van der Waals surface area contributed by atoms with Gasteiger partial charge in [0.25, 0.3) is 0 Å². The van der Waals surface area contributed by atoms with Crippen molar-refractivity contribution in [2.45, 2.75) is 24.3 Å². The number of fused-ring (bicyclic) bond motifs is 3. The summed E-state index contributed by atoms with van der Waals surface area (Å²) in [7, 11) is 1.34. The summed E-state index contributed by atoms with van der Waals surface area (Å²) < 4.78 is 4.99. The first-order chi connectivity index (χ1) is 15.7. The minimum absolute atomic E-state index is 0.190. The molecule has 32 heavy (non-hydrogen) atoms. The molecule has 162 valence electrons. The minimum Gasteiger partial charge on any atom is -0.465 e. The molecule has 0 bridgehead atoms. The Morgan fingerprint density at radius 1 is 1.19 bits per heavy atom. The third-order valence-electron chi connectivity index (χ3n) is 5.32. The van der Waals surface area contributed by atoms with E-state index in [2.05, 4.69) is 15.3 Å². The second-order valence-corrected chi connectivity index (χ2v) is 10.2. The van der Waals surface area contributed by atoms with Gasteiger partial charge >= 0.3 is 5.97 Å². The van der Waals surface area contributed by atoms with E-state index >= 15 is 0 Å². The molecule has 6 nitrogen and oxygen atoms in total. The van der Waals surface area contributed by atoms with Crippen molar-refractivity contribution in [3.8, 4) is 11.1 Å². The van der Waals surface area contributed by atoms with Gasteiger partial charge in [0.15, 0.2) is 0 Å². The molecule has 0 atom stereocenters. The number of hydrogen-bond acceptors (Lipinski definition) is 8. The van der Waals surface area contributed by atoms with Crippen LogP contribution in [0.2, 0.25) is 0 Å². The smallest absolute Gasteiger partial charge is 0.341 e. The number of nitrogens with one attached hydrogen (secondary N) is 1. The zero-order valence-electron chi connectivity index (χ0n) is 17.2. The largest absolute Gasteiger partial charge is 0.465 e. The van der Waals surface area contributed by atoms with E-state index in [1.54, 1.807) is 17.7 Å².